The average molecular weight is 230 g/mol. The quantitative estimate of drug-likeness (QED) is 0.862. The topological polar surface area (TPSA) is 52.0 Å². The van der Waals surface area contributed by atoms with Gasteiger partial charge in [0.05, 0.1) is 0 Å². The Balaban J connectivity index is 2.00. The first-order chi connectivity index (χ1) is 8.28. The van der Waals surface area contributed by atoms with Crippen molar-refractivity contribution >= 4 is 11.1 Å². The lowest BCUT2D eigenvalue weighted by atomic mass is 9.96. The van der Waals surface area contributed by atoms with E-state index >= 15 is 0 Å². The standard InChI is InChI=1S/C14H18N2O/c1-9-5-6-13-12(7-9)16-14(17-13)11-4-2-3-10(11)8-15/h5-7,10-11H,2-4,8,15H2,1H3. The maximum absolute atomic E-state index is 5.87. The van der Waals surface area contributed by atoms with Crippen molar-refractivity contribution < 1.29 is 4.42 Å². The number of hydrogen-bond acceptors (Lipinski definition) is 3. The Hall–Kier alpha value is -1.35. The van der Waals surface area contributed by atoms with Gasteiger partial charge in [0.2, 0.25) is 0 Å². The van der Waals surface area contributed by atoms with E-state index in [2.05, 4.69) is 24.0 Å². The van der Waals surface area contributed by atoms with Gasteiger partial charge < -0.3 is 10.2 Å². The fraction of sp³-hybridized carbons (Fsp3) is 0.500. The second-order valence-corrected chi connectivity index (χ2v) is 5.06. The Kier molecular flexibility index (Phi) is 2.63. The Morgan fingerprint density at radius 3 is 3.12 bits per heavy atom. The van der Waals surface area contributed by atoms with Gasteiger partial charge in [0.1, 0.15) is 5.52 Å². The predicted molar refractivity (Wildman–Crippen MR) is 67.9 cm³/mol. The highest BCUT2D eigenvalue weighted by Crippen LogP contribution is 2.39. The lowest BCUT2D eigenvalue weighted by Crippen LogP contribution is -2.17. The number of aromatic nitrogens is 1. The highest BCUT2D eigenvalue weighted by Gasteiger charge is 2.31. The third-order valence-electron chi connectivity index (χ3n) is 3.84. The molecule has 90 valence electrons. The number of hydrogen-bond donors (Lipinski definition) is 1. The van der Waals surface area contributed by atoms with Crippen LogP contribution in [0.25, 0.3) is 11.1 Å². The number of aryl methyl sites for hydroxylation is 1. The molecule has 0 bridgehead atoms. The minimum atomic E-state index is 0.424. The van der Waals surface area contributed by atoms with Crippen LogP contribution in [-0.4, -0.2) is 11.5 Å². The molecule has 0 saturated heterocycles. The first kappa shape index (κ1) is 10.8. The fourth-order valence-corrected chi connectivity index (χ4v) is 2.86. The molecular weight excluding hydrogens is 212 g/mol. The van der Waals surface area contributed by atoms with Crippen molar-refractivity contribution in [3.8, 4) is 0 Å². The molecule has 2 atom stereocenters. The summed E-state index contributed by atoms with van der Waals surface area (Å²) in [5.41, 5.74) is 8.90. The van der Waals surface area contributed by atoms with Crippen LogP contribution < -0.4 is 5.73 Å². The van der Waals surface area contributed by atoms with E-state index < -0.39 is 0 Å². The molecule has 1 aromatic heterocycles. The van der Waals surface area contributed by atoms with Crippen LogP contribution in [0, 0.1) is 12.8 Å². The molecule has 2 unspecified atom stereocenters. The van der Waals surface area contributed by atoms with Crippen LogP contribution in [0.4, 0.5) is 0 Å². The van der Waals surface area contributed by atoms with Gasteiger partial charge in [-0.3, -0.25) is 0 Å². The molecule has 1 heterocycles. The third-order valence-corrected chi connectivity index (χ3v) is 3.84. The van der Waals surface area contributed by atoms with Crippen LogP contribution in [0.5, 0.6) is 0 Å². The Morgan fingerprint density at radius 2 is 2.29 bits per heavy atom. The zero-order chi connectivity index (χ0) is 11.8. The Labute approximate surface area is 101 Å². The van der Waals surface area contributed by atoms with Crippen molar-refractivity contribution in [2.45, 2.75) is 32.1 Å². The lowest BCUT2D eigenvalue weighted by molar-refractivity contribution is 0.401. The summed E-state index contributed by atoms with van der Waals surface area (Å²) < 4.78 is 5.87. The number of benzene rings is 1. The number of oxazole rings is 1. The van der Waals surface area contributed by atoms with E-state index in [1.54, 1.807) is 0 Å². The first-order valence-corrected chi connectivity index (χ1v) is 6.35. The Bertz CT molecular complexity index is 532. The number of nitrogens with zero attached hydrogens (tertiary/aromatic N) is 1. The smallest absolute Gasteiger partial charge is 0.198 e. The predicted octanol–water partition coefficient (Wildman–Crippen LogP) is 2.98. The molecule has 0 amide bonds. The summed E-state index contributed by atoms with van der Waals surface area (Å²) in [6.07, 6.45) is 3.61. The Morgan fingerprint density at radius 1 is 1.41 bits per heavy atom. The van der Waals surface area contributed by atoms with Gasteiger partial charge in [0.15, 0.2) is 11.5 Å². The van der Waals surface area contributed by atoms with Crippen molar-refractivity contribution in [3.63, 3.8) is 0 Å². The number of nitrogens with two attached hydrogens (primary N) is 1. The van der Waals surface area contributed by atoms with Crippen LogP contribution in [0.15, 0.2) is 22.6 Å². The van der Waals surface area contributed by atoms with Crippen LogP contribution in [-0.2, 0) is 0 Å². The van der Waals surface area contributed by atoms with Gasteiger partial charge in [-0.2, -0.15) is 0 Å². The molecule has 1 fully saturated rings. The van der Waals surface area contributed by atoms with Crippen molar-refractivity contribution in [1.29, 1.82) is 0 Å². The van der Waals surface area contributed by atoms with E-state index in [0.717, 1.165) is 30.0 Å². The molecule has 2 N–H and O–H groups in total. The molecule has 3 nitrogen and oxygen atoms in total. The minimum Gasteiger partial charge on any atom is -0.440 e. The third kappa shape index (κ3) is 1.84. The van der Waals surface area contributed by atoms with Crippen LogP contribution in [0.1, 0.15) is 36.6 Å². The molecule has 0 spiro atoms. The molecular formula is C14H18N2O. The van der Waals surface area contributed by atoms with Crippen LogP contribution in [0.3, 0.4) is 0 Å². The monoisotopic (exact) mass is 230 g/mol. The number of fused-ring (bicyclic) bond motifs is 1. The van der Waals surface area contributed by atoms with Gasteiger partial charge in [-0.15, -0.1) is 0 Å². The molecule has 0 aliphatic heterocycles. The van der Waals surface area contributed by atoms with Crippen molar-refractivity contribution in [2.75, 3.05) is 6.54 Å². The van der Waals surface area contributed by atoms with E-state index in [4.69, 9.17) is 10.2 Å². The van der Waals surface area contributed by atoms with E-state index in [1.165, 1.54) is 18.4 Å². The highest BCUT2D eigenvalue weighted by atomic mass is 16.3. The van der Waals surface area contributed by atoms with Crippen molar-refractivity contribution in [2.24, 2.45) is 11.7 Å². The highest BCUT2D eigenvalue weighted by molar-refractivity contribution is 5.73. The maximum Gasteiger partial charge on any atom is 0.198 e. The molecule has 1 aliphatic rings. The normalized spacial score (nSPS) is 24.6. The summed E-state index contributed by atoms with van der Waals surface area (Å²) in [5, 5.41) is 0. The van der Waals surface area contributed by atoms with E-state index in [0.29, 0.717) is 11.8 Å². The number of rotatable bonds is 2. The molecule has 0 radical (unpaired) electrons. The van der Waals surface area contributed by atoms with Gasteiger partial charge in [0, 0.05) is 5.92 Å². The van der Waals surface area contributed by atoms with Gasteiger partial charge >= 0.3 is 0 Å². The van der Waals surface area contributed by atoms with E-state index in [9.17, 15) is 0 Å². The molecule has 17 heavy (non-hydrogen) atoms. The summed E-state index contributed by atoms with van der Waals surface area (Å²) in [7, 11) is 0. The average Bonchev–Trinajstić information content (AvgIpc) is 2.93. The largest absolute Gasteiger partial charge is 0.440 e. The summed E-state index contributed by atoms with van der Waals surface area (Å²) in [6, 6.07) is 6.15. The zero-order valence-electron chi connectivity index (χ0n) is 10.1. The summed E-state index contributed by atoms with van der Waals surface area (Å²) >= 11 is 0. The maximum atomic E-state index is 5.87. The summed E-state index contributed by atoms with van der Waals surface area (Å²) in [4.78, 5) is 4.63. The summed E-state index contributed by atoms with van der Waals surface area (Å²) in [6.45, 7) is 2.81. The molecule has 3 rings (SSSR count). The van der Waals surface area contributed by atoms with Crippen molar-refractivity contribution in [3.05, 3.63) is 29.7 Å². The van der Waals surface area contributed by atoms with Crippen LogP contribution in [0.2, 0.25) is 0 Å². The van der Waals surface area contributed by atoms with Gasteiger partial charge in [0.25, 0.3) is 0 Å². The second kappa shape index (κ2) is 4.15. The van der Waals surface area contributed by atoms with E-state index in [1.807, 2.05) is 6.07 Å². The molecule has 1 aromatic carbocycles. The fourth-order valence-electron chi connectivity index (χ4n) is 2.86. The van der Waals surface area contributed by atoms with E-state index in [-0.39, 0.29) is 0 Å². The molecule has 2 aromatic rings. The van der Waals surface area contributed by atoms with Crippen molar-refractivity contribution in [1.82, 2.24) is 4.98 Å². The van der Waals surface area contributed by atoms with Gasteiger partial charge in [-0.05, 0) is 49.9 Å². The molecule has 1 saturated carbocycles. The molecule has 1 aliphatic carbocycles. The SMILES string of the molecule is Cc1ccc2oc(C3CCCC3CN)nc2c1. The molecule has 3 heteroatoms. The second-order valence-electron chi connectivity index (χ2n) is 5.06. The first-order valence-electron chi connectivity index (χ1n) is 6.35. The zero-order valence-corrected chi connectivity index (χ0v) is 10.1. The van der Waals surface area contributed by atoms with Gasteiger partial charge in [-0.1, -0.05) is 12.5 Å². The minimum absolute atomic E-state index is 0.424. The summed E-state index contributed by atoms with van der Waals surface area (Å²) in [5.74, 6) is 1.86. The van der Waals surface area contributed by atoms with Gasteiger partial charge in [-0.25, -0.2) is 4.98 Å². The lowest BCUT2D eigenvalue weighted by Gasteiger charge is -2.13. The van der Waals surface area contributed by atoms with Crippen LogP contribution >= 0.6 is 0 Å².